The Morgan fingerprint density at radius 2 is 1.46 bits per heavy atom. The van der Waals surface area contributed by atoms with E-state index in [0.717, 1.165) is 28.6 Å². The first-order chi connectivity index (χ1) is 12.7. The second kappa shape index (κ2) is 6.79. The zero-order valence-electron chi connectivity index (χ0n) is 14.6. The minimum atomic E-state index is 0.257. The highest BCUT2D eigenvalue weighted by Crippen LogP contribution is 2.35. The lowest BCUT2D eigenvalue weighted by molar-refractivity contribution is 0.174. The molecule has 1 aromatic heterocycles. The van der Waals surface area contributed by atoms with Gasteiger partial charge in [-0.2, -0.15) is 0 Å². The lowest BCUT2D eigenvalue weighted by atomic mass is 10.2. The van der Waals surface area contributed by atoms with Crippen LogP contribution in [0.3, 0.4) is 0 Å². The molecule has 0 saturated heterocycles. The smallest absolute Gasteiger partial charge is 0.231 e. The van der Waals surface area contributed by atoms with E-state index in [1.165, 1.54) is 6.33 Å². The van der Waals surface area contributed by atoms with Gasteiger partial charge >= 0.3 is 0 Å². The lowest BCUT2D eigenvalue weighted by Crippen LogP contribution is -2.08. The van der Waals surface area contributed by atoms with Crippen molar-refractivity contribution in [1.82, 2.24) is 9.97 Å². The molecule has 0 aliphatic carbocycles. The van der Waals surface area contributed by atoms with Gasteiger partial charge < -0.3 is 25.0 Å². The van der Waals surface area contributed by atoms with Gasteiger partial charge in [0.1, 0.15) is 18.0 Å². The topological polar surface area (TPSA) is 71.5 Å². The number of ether oxygens (including phenoxy) is 2. The molecule has 26 heavy (non-hydrogen) atoms. The van der Waals surface area contributed by atoms with Crippen LogP contribution in [0.25, 0.3) is 0 Å². The van der Waals surface area contributed by atoms with Crippen molar-refractivity contribution in [3.8, 4) is 11.5 Å². The van der Waals surface area contributed by atoms with E-state index in [1.807, 2.05) is 50.5 Å². The minimum absolute atomic E-state index is 0.257. The predicted molar refractivity (Wildman–Crippen MR) is 102 cm³/mol. The molecule has 0 radical (unpaired) electrons. The quantitative estimate of drug-likeness (QED) is 0.727. The van der Waals surface area contributed by atoms with Crippen LogP contribution in [-0.2, 0) is 0 Å². The van der Waals surface area contributed by atoms with Gasteiger partial charge in [0.15, 0.2) is 11.5 Å². The number of aromatic nitrogens is 2. The van der Waals surface area contributed by atoms with Gasteiger partial charge in [0.05, 0.1) is 0 Å². The Hall–Kier alpha value is -3.48. The fourth-order valence-electron chi connectivity index (χ4n) is 2.61. The Morgan fingerprint density at radius 1 is 0.808 bits per heavy atom. The number of rotatable bonds is 5. The Balaban J connectivity index is 1.48. The second-order valence-corrected chi connectivity index (χ2v) is 6.05. The molecule has 0 saturated carbocycles. The molecule has 0 fully saturated rings. The number of nitrogens with zero attached hydrogens (tertiary/aromatic N) is 3. The van der Waals surface area contributed by atoms with Crippen LogP contribution >= 0.6 is 0 Å². The van der Waals surface area contributed by atoms with Crippen molar-refractivity contribution >= 4 is 28.7 Å². The number of fused-ring (bicyclic) bond motifs is 1. The fraction of sp³-hybridized carbons (Fsp3) is 0.158. The third-order valence-electron chi connectivity index (χ3n) is 3.97. The summed E-state index contributed by atoms with van der Waals surface area (Å²) in [5.74, 6) is 2.87. The summed E-state index contributed by atoms with van der Waals surface area (Å²) >= 11 is 0. The highest BCUT2D eigenvalue weighted by atomic mass is 16.7. The molecule has 0 atom stereocenters. The van der Waals surface area contributed by atoms with Gasteiger partial charge in [-0.3, -0.25) is 0 Å². The van der Waals surface area contributed by atoms with Crippen LogP contribution < -0.4 is 25.0 Å². The van der Waals surface area contributed by atoms with E-state index < -0.39 is 0 Å². The molecule has 1 aliphatic heterocycles. The second-order valence-electron chi connectivity index (χ2n) is 6.05. The summed E-state index contributed by atoms with van der Waals surface area (Å²) in [7, 11) is 4.03. The molecule has 0 bridgehead atoms. The van der Waals surface area contributed by atoms with Gasteiger partial charge in [0, 0.05) is 43.3 Å². The molecular formula is C19H19N5O2. The number of anilines is 5. The zero-order chi connectivity index (χ0) is 17.9. The standard InChI is InChI=1S/C19H19N5O2/c1-24(2)15-6-3-13(4-7-15)22-18-10-19(21-11-20-18)23-14-5-8-16-17(9-14)26-12-25-16/h3-11H,12H2,1-2H3,(H2,20,21,22,23). The van der Waals surface area contributed by atoms with E-state index >= 15 is 0 Å². The van der Waals surface area contributed by atoms with E-state index in [9.17, 15) is 0 Å². The zero-order valence-corrected chi connectivity index (χ0v) is 14.6. The summed E-state index contributed by atoms with van der Waals surface area (Å²) in [6.07, 6.45) is 1.52. The van der Waals surface area contributed by atoms with Crippen molar-refractivity contribution in [2.75, 3.05) is 36.4 Å². The monoisotopic (exact) mass is 349 g/mol. The van der Waals surface area contributed by atoms with Crippen LogP contribution in [0.2, 0.25) is 0 Å². The molecular weight excluding hydrogens is 330 g/mol. The Labute approximate surface area is 151 Å². The van der Waals surface area contributed by atoms with E-state index in [2.05, 4.69) is 37.6 Å². The van der Waals surface area contributed by atoms with Gasteiger partial charge in [-0.1, -0.05) is 0 Å². The molecule has 132 valence electrons. The summed E-state index contributed by atoms with van der Waals surface area (Å²) in [5.41, 5.74) is 2.97. The highest BCUT2D eigenvalue weighted by Gasteiger charge is 2.13. The maximum Gasteiger partial charge on any atom is 0.231 e. The molecule has 2 aromatic carbocycles. The normalized spacial score (nSPS) is 11.9. The summed E-state index contributed by atoms with van der Waals surface area (Å²) < 4.78 is 10.7. The van der Waals surface area contributed by atoms with E-state index in [4.69, 9.17) is 9.47 Å². The first-order valence-electron chi connectivity index (χ1n) is 8.20. The van der Waals surface area contributed by atoms with Crippen LogP contribution in [0, 0.1) is 0 Å². The maximum absolute atomic E-state index is 5.40. The summed E-state index contributed by atoms with van der Waals surface area (Å²) in [6.45, 7) is 0.257. The number of nitrogens with one attached hydrogen (secondary N) is 2. The molecule has 2 N–H and O–H groups in total. The van der Waals surface area contributed by atoms with E-state index in [-0.39, 0.29) is 6.79 Å². The van der Waals surface area contributed by atoms with E-state index in [1.54, 1.807) is 0 Å². The average Bonchev–Trinajstić information content (AvgIpc) is 3.10. The van der Waals surface area contributed by atoms with Crippen molar-refractivity contribution in [2.45, 2.75) is 0 Å². The SMILES string of the molecule is CN(C)c1ccc(Nc2cc(Nc3ccc4c(c3)OCO4)ncn2)cc1. The molecule has 0 amide bonds. The van der Waals surface area contributed by atoms with Crippen LogP contribution in [0.1, 0.15) is 0 Å². The largest absolute Gasteiger partial charge is 0.454 e. The first-order valence-corrected chi connectivity index (χ1v) is 8.20. The van der Waals surface area contributed by atoms with Crippen LogP contribution in [0.15, 0.2) is 54.9 Å². The Kier molecular flexibility index (Phi) is 4.18. The van der Waals surface area contributed by atoms with E-state index in [0.29, 0.717) is 11.6 Å². The summed E-state index contributed by atoms with van der Waals surface area (Å²) in [6, 6.07) is 15.7. The predicted octanol–water partition coefficient (Wildman–Crippen LogP) is 3.76. The molecule has 2 heterocycles. The van der Waals surface area contributed by atoms with Gasteiger partial charge in [-0.15, -0.1) is 0 Å². The number of benzene rings is 2. The first kappa shape index (κ1) is 16.0. The fourth-order valence-corrected chi connectivity index (χ4v) is 2.61. The maximum atomic E-state index is 5.40. The third-order valence-corrected chi connectivity index (χ3v) is 3.97. The van der Waals surface area contributed by atoms with Crippen molar-refractivity contribution in [3.63, 3.8) is 0 Å². The summed E-state index contributed by atoms with van der Waals surface area (Å²) in [5, 5.41) is 6.53. The molecule has 3 aromatic rings. The number of hydrogen-bond acceptors (Lipinski definition) is 7. The van der Waals surface area contributed by atoms with Crippen molar-refractivity contribution in [1.29, 1.82) is 0 Å². The molecule has 0 unspecified atom stereocenters. The van der Waals surface area contributed by atoms with Crippen molar-refractivity contribution in [3.05, 3.63) is 54.9 Å². The molecule has 7 heteroatoms. The van der Waals surface area contributed by atoms with Crippen LogP contribution in [-0.4, -0.2) is 30.9 Å². The molecule has 7 nitrogen and oxygen atoms in total. The third kappa shape index (κ3) is 3.46. The van der Waals surface area contributed by atoms with Crippen molar-refractivity contribution < 1.29 is 9.47 Å². The Morgan fingerprint density at radius 3 is 2.19 bits per heavy atom. The summed E-state index contributed by atoms with van der Waals surface area (Å²) in [4.78, 5) is 10.6. The minimum Gasteiger partial charge on any atom is -0.454 e. The molecule has 1 aliphatic rings. The molecule has 0 spiro atoms. The average molecular weight is 349 g/mol. The van der Waals surface area contributed by atoms with Crippen molar-refractivity contribution in [2.24, 2.45) is 0 Å². The van der Waals surface area contributed by atoms with Gasteiger partial charge in [0.25, 0.3) is 0 Å². The van der Waals surface area contributed by atoms with Crippen LogP contribution in [0.5, 0.6) is 11.5 Å². The van der Waals surface area contributed by atoms with Gasteiger partial charge in [-0.25, -0.2) is 9.97 Å². The van der Waals surface area contributed by atoms with Crippen LogP contribution in [0.4, 0.5) is 28.7 Å². The lowest BCUT2D eigenvalue weighted by Gasteiger charge is -2.13. The highest BCUT2D eigenvalue weighted by molar-refractivity contribution is 5.66. The number of hydrogen-bond donors (Lipinski definition) is 2. The Bertz CT molecular complexity index is 912. The van der Waals surface area contributed by atoms with Gasteiger partial charge in [0.2, 0.25) is 6.79 Å². The van der Waals surface area contributed by atoms with Gasteiger partial charge in [-0.05, 0) is 36.4 Å². The molecule has 4 rings (SSSR count).